The highest BCUT2D eigenvalue weighted by Gasteiger charge is 2.16. The number of hydrogen-bond donors (Lipinski definition) is 1. The van der Waals surface area contributed by atoms with Crippen LogP contribution in [0.2, 0.25) is 0 Å². The van der Waals surface area contributed by atoms with Crippen LogP contribution in [0.1, 0.15) is 13.8 Å². The lowest BCUT2D eigenvalue weighted by atomic mass is 10.1. The van der Waals surface area contributed by atoms with Gasteiger partial charge < -0.3 is 5.32 Å². The molecule has 1 N–H and O–H groups in total. The lowest BCUT2D eigenvalue weighted by Crippen LogP contribution is -2.35. The van der Waals surface area contributed by atoms with E-state index in [1.54, 1.807) is 7.05 Å². The molecule has 0 aromatic rings. The van der Waals surface area contributed by atoms with Crippen molar-refractivity contribution in [3.63, 3.8) is 0 Å². The first-order valence-electron chi connectivity index (χ1n) is 2.96. The van der Waals surface area contributed by atoms with Crippen molar-refractivity contribution in [3.05, 3.63) is 0 Å². The highest BCUT2D eigenvalue weighted by atomic mass is 127. The van der Waals surface area contributed by atoms with Gasteiger partial charge in [-0.15, -0.1) is 0 Å². The fourth-order valence-electron chi connectivity index (χ4n) is 0.709. The highest BCUT2D eigenvalue weighted by Crippen LogP contribution is 2.05. The molecule has 3 heteroatoms. The third kappa shape index (κ3) is 3.15. The Morgan fingerprint density at radius 1 is 1.56 bits per heavy atom. The molecule has 0 aromatic carbocycles. The van der Waals surface area contributed by atoms with Crippen LogP contribution in [0, 0.1) is 5.92 Å². The average molecular weight is 241 g/mol. The Kier molecular flexibility index (Phi) is 4.39. The number of nitrogens with one attached hydrogen (secondary N) is 1. The third-order valence-corrected chi connectivity index (χ3v) is 1.89. The predicted octanol–water partition coefficient (Wildman–Crippen LogP) is 1.19. The van der Waals surface area contributed by atoms with Crippen molar-refractivity contribution in [1.82, 2.24) is 5.32 Å². The second kappa shape index (κ2) is 4.22. The van der Waals surface area contributed by atoms with Gasteiger partial charge in [0.2, 0.25) is 3.79 Å². The van der Waals surface area contributed by atoms with E-state index in [1.165, 1.54) is 0 Å². The van der Waals surface area contributed by atoms with Gasteiger partial charge in [0.15, 0.2) is 0 Å². The quantitative estimate of drug-likeness (QED) is 0.594. The summed E-state index contributed by atoms with van der Waals surface area (Å²) < 4.78 is 0.185. The molecule has 54 valence electrons. The van der Waals surface area contributed by atoms with Crippen molar-refractivity contribution in [2.45, 2.75) is 19.9 Å². The second-order valence-corrected chi connectivity index (χ2v) is 3.38. The molecule has 0 amide bonds. The normalized spacial score (nSPS) is 13.9. The number of likely N-dealkylation sites (N-methyl/N-ethyl adjacent to an activating group) is 1. The van der Waals surface area contributed by atoms with Gasteiger partial charge >= 0.3 is 0 Å². The largest absolute Gasteiger partial charge is 0.310 e. The molecule has 0 bridgehead atoms. The van der Waals surface area contributed by atoms with E-state index in [4.69, 9.17) is 0 Å². The van der Waals surface area contributed by atoms with Gasteiger partial charge in [-0.3, -0.25) is 4.79 Å². The van der Waals surface area contributed by atoms with Crippen LogP contribution >= 0.6 is 22.6 Å². The van der Waals surface area contributed by atoms with Gasteiger partial charge in [0, 0.05) is 22.6 Å². The van der Waals surface area contributed by atoms with Gasteiger partial charge in [0.25, 0.3) is 0 Å². The van der Waals surface area contributed by atoms with E-state index >= 15 is 0 Å². The Morgan fingerprint density at radius 3 is 2.00 bits per heavy atom. The van der Waals surface area contributed by atoms with Crippen molar-refractivity contribution >= 4 is 26.4 Å². The fourth-order valence-corrected chi connectivity index (χ4v) is 1.74. The van der Waals surface area contributed by atoms with E-state index in [0.717, 1.165) is 0 Å². The Morgan fingerprint density at radius 2 is 2.00 bits per heavy atom. The molecule has 0 unspecified atom stereocenters. The molecular formula is C6H12INO. The fraction of sp³-hybridized carbons (Fsp3) is 0.833. The minimum Gasteiger partial charge on any atom is -0.310 e. The minimum absolute atomic E-state index is 0.0191. The summed E-state index contributed by atoms with van der Waals surface area (Å²) in [6.07, 6.45) is 0. The maximum atomic E-state index is 10.7. The van der Waals surface area contributed by atoms with Crippen molar-refractivity contribution in [2.75, 3.05) is 7.05 Å². The smallest absolute Gasteiger partial charge is 0.209 e. The van der Waals surface area contributed by atoms with Crippen molar-refractivity contribution in [2.24, 2.45) is 5.92 Å². The summed E-state index contributed by atoms with van der Waals surface area (Å²) in [4.78, 5) is 10.7. The monoisotopic (exact) mass is 241 g/mol. The summed E-state index contributed by atoms with van der Waals surface area (Å²) in [5, 5.41) is 2.94. The zero-order valence-electron chi connectivity index (χ0n) is 5.94. The Bertz CT molecular complexity index is 103. The van der Waals surface area contributed by atoms with Crippen molar-refractivity contribution < 1.29 is 4.79 Å². The zero-order chi connectivity index (χ0) is 7.44. The van der Waals surface area contributed by atoms with Crippen LogP contribution in [0.15, 0.2) is 0 Å². The predicted molar refractivity (Wildman–Crippen MR) is 46.7 cm³/mol. The number of carbonyl (C=O) groups excluding carboxylic acids is 1. The van der Waals surface area contributed by atoms with Crippen LogP contribution in [0.4, 0.5) is 0 Å². The Balaban J connectivity index is 3.83. The molecule has 0 aliphatic carbocycles. The minimum atomic E-state index is 0.0191. The maximum absolute atomic E-state index is 10.7. The number of halogens is 1. The highest BCUT2D eigenvalue weighted by molar-refractivity contribution is 14.1. The van der Waals surface area contributed by atoms with Crippen LogP contribution < -0.4 is 5.32 Å². The summed E-state index contributed by atoms with van der Waals surface area (Å²) in [5.41, 5.74) is 0. The first-order valence-corrected chi connectivity index (χ1v) is 4.04. The molecule has 0 fully saturated rings. The van der Waals surface area contributed by atoms with Crippen molar-refractivity contribution in [1.29, 1.82) is 0 Å². The van der Waals surface area contributed by atoms with Crippen molar-refractivity contribution in [3.8, 4) is 0 Å². The van der Waals surface area contributed by atoms with Crippen LogP contribution in [-0.4, -0.2) is 16.9 Å². The van der Waals surface area contributed by atoms with E-state index in [0.29, 0.717) is 5.92 Å². The molecular weight excluding hydrogens is 229 g/mol. The number of rotatable bonds is 3. The Labute approximate surface area is 69.5 Å². The number of carbonyl (C=O) groups is 1. The summed E-state index contributed by atoms with van der Waals surface area (Å²) in [6.45, 7) is 4.05. The van der Waals surface area contributed by atoms with Crippen LogP contribution in [0.5, 0.6) is 0 Å². The van der Waals surface area contributed by atoms with Gasteiger partial charge in [-0.1, -0.05) is 13.8 Å². The molecule has 0 saturated carbocycles. The van der Waals surface area contributed by atoms with E-state index in [9.17, 15) is 4.79 Å². The standard InChI is InChI=1S/C6H12INO/c1-4(2)5(8-3)6(7)9/h4-5,8H,1-3H3/t5-/m1/s1. The van der Waals surface area contributed by atoms with Gasteiger partial charge in [-0.05, 0) is 13.0 Å². The Hall–Kier alpha value is 0.360. The molecule has 0 aliphatic heterocycles. The van der Waals surface area contributed by atoms with Gasteiger partial charge in [-0.25, -0.2) is 0 Å². The molecule has 0 radical (unpaired) electrons. The van der Waals surface area contributed by atoms with Crippen LogP contribution in [0.25, 0.3) is 0 Å². The van der Waals surface area contributed by atoms with Gasteiger partial charge in [0.05, 0.1) is 6.04 Å². The second-order valence-electron chi connectivity index (χ2n) is 2.31. The topological polar surface area (TPSA) is 29.1 Å². The van der Waals surface area contributed by atoms with E-state index in [2.05, 4.69) is 5.32 Å². The molecule has 2 nitrogen and oxygen atoms in total. The average Bonchev–Trinajstić information content (AvgIpc) is 1.64. The molecule has 1 atom stereocenters. The summed E-state index contributed by atoms with van der Waals surface area (Å²) >= 11 is 1.82. The summed E-state index contributed by atoms with van der Waals surface area (Å²) in [7, 11) is 1.81. The molecule has 0 spiro atoms. The molecule has 0 aromatic heterocycles. The zero-order valence-corrected chi connectivity index (χ0v) is 8.10. The molecule has 0 rings (SSSR count). The summed E-state index contributed by atoms with van der Waals surface area (Å²) in [6, 6.07) is 0.0191. The van der Waals surface area contributed by atoms with Gasteiger partial charge in [0.1, 0.15) is 0 Å². The molecule has 0 aliphatic rings. The third-order valence-electron chi connectivity index (χ3n) is 1.22. The summed E-state index contributed by atoms with van der Waals surface area (Å²) in [5.74, 6) is 0.388. The lowest BCUT2D eigenvalue weighted by Gasteiger charge is -2.14. The number of hydrogen-bond acceptors (Lipinski definition) is 2. The molecule has 9 heavy (non-hydrogen) atoms. The SMILES string of the molecule is CN[C@@H](C(=O)I)C(C)C. The first kappa shape index (κ1) is 9.36. The van der Waals surface area contributed by atoms with E-state index in [1.807, 2.05) is 36.4 Å². The van der Waals surface area contributed by atoms with E-state index < -0.39 is 0 Å². The molecule has 0 heterocycles. The maximum Gasteiger partial charge on any atom is 0.209 e. The lowest BCUT2D eigenvalue weighted by molar-refractivity contribution is -0.111. The first-order chi connectivity index (χ1) is 4.09. The van der Waals surface area contributed by atoms with Crippen LogP contribution in [0.3, 0.4) is 0 Å². The van der Waals surface area contributed by atoms with Gasteiger partial charge in [-0.2, -0.15) is 0 Å². The van der Waals surface area contributed by atoms with E-state index in [-0.39, 0.29) is 9.83 Å². The molecule has 0 saturated heterocycles. The van der Waals surface area contributed by atoms with Crippen LogP contribution in [-0.2, 0) is 4.79 Å².